The van der Waals surface area contributed by atoms with Gasteiger partial charge in [-0.3, -0.25) is 9.69 Å². The average molecular weight is 351 g/mol. The van der Waals surface area contributed by atoms with E-state index in [9.17, 15) is 4.79 Å². The number of carbonyl (C=O) groups excluding carboxylic acids is 1. The molecule has 1 aliphatic rings. The van der Waals surface area contributed by atoms with E-state index in [4.69, 9.17) is 9.15 Å². The van der Waals surface area contributed by atoms with Gasteiger partial charge in [-0.25, -0.2) is 0 Å². The molecule has 1 aromatic carbocycles. The van der Waals surface area contributed by atoms with Gasteiger partial charge in [0.05, 0.1) is 25.5 Å². The SMILES string of the molecule is Cc1ccccc1C(=O)NCC(c1ccco1)N1CCOCC1.Cl. The van der Waals surface area contributed by atoms with Crippen LogP contribution in [0.15, 0.2) is 47.1 Å². The molecule has 24 heavy (non-hydrogen) atoms. The third-order valence-electron chi connectivity index (χ3n) is 4.20. The highest BCUT2D eigenvalue weighted by Gasteiger charge is 2.25. The van der Waals surface area contributed by atoms with Crippen LogP contribution in [0.2, 0.25) is 0 Å². The molecule has 1 N–H and O–H groups in total. The number of hydrogen-bond donors (Lipinski definition) is 1. The average Bonchev–Trinajstić information content (AvgIpc) is 3.10. The Morgan fingerprint density at radius 2 is 1.96 bits per heavy atom. The standard InChI is InChI=1S/C18H22N2O3.ClH/c1-14-5-2-3-6-15(14)18(21)19-13-16(17-7-4-10-23-17)20-8-11-22-12-9-20;/h2-7,10,16H,8-9,11-13H2,1H3,(H,19,21);1H. The van der Waals surface area contributed by atoms with Gasteiger partial charge >= 0.3 is 0 Å². The van der Waals surface area contributed by atoms with E-state index in [0.29, 0.717) is 25.3 Å². The normalized spacial score (nSPS) is 16.2. The Hall–Kier alpha value is -1.82. The number of nitrogens with zero attached hydrogens (tertiary/aromatic N) is 1. The molecule has 2 aromatic rings. The number of halogens is 1. The van der Waals surface area contributed by atoms with Crippen molar-refractivity contribution in [2.24, 2.45) is 0 Å². The van der Waals surface area contributed by atoms with E-state index in [2.05, 4.69) is 10.2 Å². The Bertz CT molecular complexity index is 639. The van der Waals surface area contributed by atoms with Crippen molar-refractivity contribution in [3.63, 3.8) is 0 Å². The number of furan rings is 1. The van der Waals surface area contributed by atoms with E-state index >= 15 is 0 Å². The molecule has 0 bridgehead atoms. The molecule has 0 radical (unpaired) electrons. The number of amides is 1. The molecule has 130 valence electrons. The first-order chi connectivity index (χ1) is 11.3. The molecular formula is C18H23ClN2O3. The molecular weight excluding hydrogens is 328 g/mol. The van der Waals surface area contributed by atoms with Crippen molar-refractivity contribution in [1.29, 1.82) is 0 Å². The topological polar surface area (TPSA) is 54.7 Å². The van der Waals surface area contributed by atoms with Gasteiger partial charge in [0.15, 0.2) is 0 Å². The number of nitrogens with one attached hydrogen (secondary N) is 1. The van der Waals surface area contributed by atoms with E-state index in [1.165, 1.54) is 0 Å². The highest BCUT2D eigenvalue weighted by atomic mass is 35.5. The predicted molar refractivity (Wildman–Crippen MR) is 94.6 cm³/mol. The summed E-state index contributed by atoms with van der Waals surface area (Å²) in [5.74, 6) is 0.824. The van der Waals surface area contributed by atoms with Gasteiger partial charge in [0.2, 0.25) is 0 Å². The van der Waals surface area contributed by atoms with Gasteiger partial charge < -0.3 is 14.5 Å². The van der Waals surface area contributed by atoms with E-state index < -0.39 is 0 Å². The van der Waals surface area contributed by atoms with Crippen molar-refractivity contribution < 1.29 is 13.9 Å². The molecule has 1 atom stereocenters. The molecule has 0 saturated carbocycles. The van der Waals surface area contributed by atoms with Crippen molar-refractivity contribution >= 4 is 18.3 Å². The van der Waals surface area contributed by atoms with Gasteiger partial charge in [-0.2, -0.15) is 0 Å². The van der Waals surface area contributed by atoms with Crippen molar-refractivity contribution in [2.45, 2.75) is 13.0 Å². The lowest BCUT2D eigenvalue weighted by molar-refractivity contribution is 0.0118. The second-order valence-corrected chi connectivity index (χ2v) is 5.70. The Morgan fingerprint density at radius 1 is 1.21 bits per heavy atom. The molecule has 1 amide bonds. The third kappa shape index (κ3) is 4.38. The first-order valence-electron chi connectivity index (χ1n) is 7.95. The van der Waals surface area contributed by atoms with Crippen molar-refractivity contribution in [3.8, 4) is 0 Å². The molecule has 1 saturated heterocycles. The summed E-state index contributed by atoms with van der Waals surface area (Å²) in [6.07, 6.45) is 1.67. The van der Waals surface area contributed by atoms with Crippen LogP contribution >= 0.6 is 12.4 Å². The molecule has 2 heterocycles. The van der Waals surface area contributed by atoms with Crippen LogP contribution in [0.1, 0.15) is 27.7 Å². The lowest BCUT2D eigenvalue weighted by atomic mass is 10.1. The fraction of sp³-hybridized carbons (Fsp3) is 0.389. The second-order valence-electron chi connectivity index (χ2n) is 5.70. The minimum absolute atomic E-state index is 0. The molecule has 5 nitrogen and oxygen atoms in total. The quantitative estimate of drug-likeness (QED) is 0.901. The number of hydrogen-bond acceptors (Lipinski definition) is 4. The molecule has 1 aromatic heterocycles. The summed E-state index contributed by atoms with van der Waals surface area (Å²) in [5.41, 5.74) is 1.69. The highest BCUT2D eigenvalue weighted by Crippen LogP contribution is 2.22. The summed E-state index contributed by atoms with van der Waals surface area (Å²) in [4.78, 5) is 14.7. The zero-order chi connectivity index (χ0) is 16.1. The van der Waals surface area contributed by atoms with Crippen molar-refractivity contribution in [2.75, 3.05) is 32.8 Å². The molecule has 1 fully saturated rings. The maximum Gasteiger partial charge on any atom is 0.251 e. The maximum absolute atomic E-state index is 12.4. The van der Waals surface area contributed by atoms with Gasteiger partial charge in [-0.05, 0) is 30.7 Å². The summed E-state index contributed by atoms with van der Waals surface area (Å²) in [7, 11) is 0. The number of ether oxygens (including phenoxy) is 1. The summed E-state index contributed by atoms with van der Waals surface area (Å²) in [5, 5.41) is 3.04. The van der Waals surface area contributed by atoms with Gasteiger partial charge in [-0.15, -0.1) is 12.4 Å². The van der Waals surface area contributed by atoms with Crippen LogP contribution in [-0.4, -0.2) is 43.7 Å². The molecule has 0 aliphatic carbocycles. The van der Waals surface area contributed by atoms with E-state index in [1.807, 2.05) is 43.3 Å². The van der Waals surface area contributed by atoms with Crippen molar-refractivity contribution in [3.05, 3.63) is 59.5 Å². The fourth-order valence-electron chi connectivity index (χ4n) is 2.89. The summed E-state index contributed by atoms with van der Waals surface area (Å²) >= 11 is 0. The minimum atomic E-state index is -0.0482. The largest absolute Gasteiger partial charge is 0.468 e. The molecule has 6 heteroatoms. The van der Waals surface area contributed by atoms with Crippen LogP contribution in [0.3, 0.4) is 0 Å². The van der Waals surface area contributed by atoms with Crippen LogP contribution in [0.5, 0.6) is 0 Å². The number of rotatable bonds is 5. The first kappa shape index (κ1) is 18.5. The third-order valence-corrected chi connectivity index (χ3v) is 4.20. The summed E-state index contributed by atoms with van der Waals surface area (Å²) in [6.45, 7) is 5.56. The van der Waals surface area contributed by atoms with Gasteiger partial charge in [0.1, 0.15) is 5.76 Å². The van der Waals surface area contributed by atoms with E-state index in [1.54, 1.807) is 6.26 Å². The van der Waals surface area contributed by atoms with Gasteiger partial charge in [0.25, 0.3) is 5.91 Å². The van der Waals surface area contributed by atoms with Crippen LogP contribution < -0.4 is 5.32 Å². The van der Waals surface area contributed by atoms with Crippen LogP contribution in [0, 0.1) is 6.92 Å². The van der Waals surface area contributed by atoms with Crippen LogP contribution in [-0.2, 0) is 4.74 Å². The van der Waals surface area contributed by atoms with Gasteiger partial charge in [-0.1, -0.05) is 18.2 Å². The molecule has 3 rings (SSSR count). The van der Waals surface area contributed by atoms with E-state index in [0.717, 1.165) is 24.4 Å². The fourth-order valence-corrected chi connectivity index (χ4v) is 2.89. The molecule has 1 aliphatic heterocycles. The van der Waals surface area contributed by atoms with Crippen LogP contribution in [0.25, 0.3) is 0 Å². The van der Waals surface area contributed by atoms with Gasteiger partial charge in [0, 0.05) is 25.2 Å². The lowest BCUT2D eigenvalue weighted by Crippen LogP contribution is -2.43. The second kappa shape index (κ2) is 8.87. The monoisotopic (exact) mass is 350 g/mol. The Labute approximate surface area is 148 Å². The summed E-state index contributed by atoms with van der Waals surface area (Å²) in [6, 6.07) is 11.5. The number of carbonyl (C=O) groups is 1. The molecule has 0 spiro atoms. The Kier molecular flexibility index (Phi) is 6.85. The number of morpholine rings is 1. The smallest absolute Gasteiger partial charge is 0.251 e. The van der Waals surface area contributed by atoms with E-state index in [-0.39, 0.29) is 24.4 Å². The Morgan fingerprint density at radius 3 is 2.62 bits per heavy atom. The summed E-state index contributed by atoms with van der Waals surface area (Å²) < 4.78 is 11.0. The lowest BCUT2D eigenvalue weighted by Gasteiger charge is -2.33. The number of benzene rings is 1. The zero-order valence-electron chi connectivity index (χ0n) is 13.7. The van der Waals surface area contributed by atoms with Crippen LogP contribution in [0.4, 0.5) is 0 Å². The minimum Gasteiger partial charge on any atom is -0.468 e. The predicted octanol–water partition coefficient (Wildman–Crippen LogP) is 2.81. The molecule has 1 unspecified atom stereocenters. The highest BCUT2D eigenvalue weighted by molar-refractivity contribution is 5.95. The maximum atomic E-state index is 12.4. The number of aryl methyl sites for hydroxylation is 1. The van der Waals surface area contributed by atoms with Crippen molar-refractivity contribution in [1.82, 2.24) is 10.2 Å². The first-order valence-corrected chi connectivity index (χ1v) is 7.95. The zero-order valence-corrected chi connectivity index (χ0v) is 14.6. The Balaban J connectivity index is 0.00000208.